The Morgan fingerprint density at radius 1 is 1.29 bits per heavy atom. The molecule has 1 saturated heterocycles. The Morgan fingerprint density at radius 2 is 2.10 bits per heavy atom. The van der Waals surface area contributed by atoms with E-state index in [1.54, 1.807) is 0 Å². The average Bonchev–Trinajstić information content (AvgIpc) is 3.42. The van der Waals surface area contributed by atoms with E-state index in [0.29, 0.717) is 50.1 Å². The predicted octanol–water partition coefficient (Wildman–Crippen LogP) is 1.49. The highest BCUT2D eigenvalue weighted by Crippen LogP contribution is 2.23. The number of aryl methyl sites for hydroxylation is 3. The van der Waals surface area contributed by atoms with Crippen LogP contribution in [0, 0.1) is 26.7 Å². The van der Waals surface area contributed by atoms with Gasteiger partial charge >= 0.3 is 0 Å². The molecule has 0 saturated carbocycles. The Kier molecular flexibility index (Phi) is 5.92. The summed E-state index contributed by atoms with van der Waals surface area (Å²) in [6.45, 7) is 7.48. The minimum atomic E-state index is -0.689. The molecular formula is C21H28N6O4. The zero-order valence-electron chi connectivity index (χ0n) is 18.3. The predicted molar refractivity (Wildman–Crippen MR) is 111 cm³/mol. The third kappa shape index (κ3) is 4.40. The molecule has 1 amide bonds. The van der Waals surface area contributed by atoms with Crippen LogP contribution in [0.15, 0.2) is 21.1 Å². The molecular weight excluding hydrogens is 400 g/mol. The van der Waals surface area contributed by atoms with Crippen LogP contribution in [0.25, 0.3) is 11.6 Å². The van der Waals surface area contributed by atoms with Gasteiger partial charge in [0.2, 0.25) is 11.8 Å². The third-order valence-corrected chi connectivity index (χ3v) is 6.04. The molecule has 0 spiro atoms. The van der Waals surface area contributed by atoms with Gasteiger partial charge in [0.25, 0.3) is 5.89 Å². The second kappa shape index (κ2) is 8.64. The van der Waals surface area contributed by atoms with Crippen molar-refractivity contribution in [2.75, 3.05) is 13.1 Å². The van der Waals surface area contributed by atoms with Gasteiger partial charge in [-0.15, -0.1) is 10.2 Å². The van der Waals surface area contributed by atoms with Crippen molar-refractivity contribution in [2.45, 2.75) is 46.4 Å². The molecule has 1 fully saturated rings. The number of nitrogens with zero attached hydrogens (tertiary/aromatic N) is 5. The monoisotopic (exact) mass is 428 g/mol. The summed E-state index contributed by atoms with van der Waals surface area (Å²) < 4.78 is 13.0. The van der Waals surface area contributed by atoms with E-state index in [4.69, 9.17) is 8.94 Å². The van der Waals surface area contributed by atoms with E-state index in [0.717, 1.165) is 22.6 Å². The van der Waals surface area contributed by atoms with Gasteiger partial charge in [-0.2, -0.15) is 0 Å². The molecule has 10 nitrogen and oxygen atoms in total. The standard InChI is InChI=1S/C21H28N6O4/c1-12-5-6-17(26(12)4)21-24-23-19(30-21)11-27-8-7-18(28)16(10-27)20(29)22-9-15-13(2)25-31-14(15)3/h5-6,16,18,28H,7-11H2,1-4H3,(H,22,29)/t16-,18+/m0/s1. The fourth-order valence-corrected chi connectivity index (χ4v) is 3.91. The van der Waals surface area contributed by atoms with Crippen molar-refractivity contribution in [3.05, 3.63) is 40.7 Å². The largest absolute Gasteiger partial charge is 0.418 e. The summed E-state index contributed by atoms with van der Waals surface area (Å²) in [6.07, 6.45) is -0.188. The number of piperidine rings is 1. The number of likely N-dealkylation sites (tertiary alicyclic amines) is 1. The summed E-state index contributed by atoms with van der Waals surface area (Å²) in [5, 5.41) is 25.5. The van der Waals surface area contributed by atoms with E-state index < -0.39 is 12.0 Å². The molecule has 0 unspecified atom stereocenters. The number of rotatable bonds is 6. The lowest BCUT2D eigenvalue weighted by molar-refractivity contribution is -0.132. The summed E-state index contributed by atoms with van der Waals surface area (Å²) >= 11 is 0. The second-order valence-corrected chi connectivity index (χ2v) is 8.14. The smallest absolute Gasteiger partial charge is 0.264 e. The number of hydrogen-bond donors (Lipinski definition) is 2. The summed E-state index contributed by atoms with van der Waals surface area (Å²) in [6, 6.07) is 3.94. The first kappa shape index (κ1) is 21.3. The van der Waals surface area contributed by atoms with E-state index in [1.807, 2.05) is 44.5 Å². The average molecular weight is 428 g/mol. The highest BCUT2D eigenvalue weighted by molar-refractivity contribution is 5.79. The Labute approximate surface area is 180 Å². The van der Waals surface area contributed by atoms with Crippen molar-refractivity contribution in [3.8, 4) is 11.6 Å². The lowest BCUT2D eigenvalue weighted by Crippen LogP contribution is -2.49. The van der Waals surface area contributed by atoms with Crippen LogP contribution in [-0.4, -0.2) is 55.0 Å². The van der Waals surface area contributed by atoms with Crippen LogP contribution in [-0.2, 0) is 24.9 Å². The van der Waals surface area contributed by atoms with E-state index in [9.17, 15) is 9.90 Å². The number of nitrogens with one attached hydrogen (secondary N) is 1. The molecule has 3 aromatic heterocycles. The molecule has 4 rings (SSSR count). The van der Waals surface area contributed by atoms with E-state index >= 15 is 0 Å². The van der Waals surface area contributed by atoms with E-state index in [2.05, 4.69) is 25.6 Å². The normalized spacial score (nSPS) is 19.6. The van der Waals surface area contributed by atoms with Crippen molar-refractivity contribution in [3.63, 3.8) is 0 Å². The molecule has 0 bridgehead atoms. The number of carbonyl (C=O) groups excluding carboxylic acids is 1. The molecule has 2 atom stereocenters. The minimum absolute atomic E-state index is 0.192. The Hall–Kier alpha value is -2.98. The van der Waals surface area contributed by atoms with Crippen molar-refractivity contribution >= 4 is 5.91 Å². The lowest BCUT2D eigenvalue weighted by atomic mass is 9.93. The maximum Gasteiger partial charge on any atom is 0.264 e. The van der Waals surface area contributed by atoms with Crippen molar-refractivity contribution in [1.82, 2.24) is 30.1 Å². The third-order valence-electron chi connectivity index (χ3n) is 6.04. The number of aromatic nitrogens is 4. The maximum absolute atomic E-state index is 12.8. The number of aliphatic hydroxyl groups is 1. The Bertz CT molecular complexity index is 1050. The molecule has 0 aliphatic carbocycles. The van der Waals surface area contributed by atoms with E-state index in [1.165, 1.54) is 0 Å². The number of hydrogen-bond acceptors (Lipinski definition) is 8. The van der Waals surface area contributed by atoms with Gasteiger partial charge in [0.1, 0.15) is 11.5 Å². The second-order valence-electron chi connectivity index (χ2n) is 8.14. The van der Waals surface area contributed by atoms with Crippen molar-refractivity contribution in [2.24, 2.45) is 13.0 Å². The van der Waals surface area contributed by atoms with Gasteiger partial charge in [-0.1, -0.05) is 5.16 Å². The summed E-state index contributed by atoms with van der Waals surface area (Å²) in [4.78, 5) is 14.8. The molecule has 10 heteroatoms. The van der Waals surface area contributed by atoms with Crippen LogP contribution in [0.4, 0.5) is 0 Å². The van der Waals surface area contributed by atoms with Crippen LogP contribution >= 0.6 is 0 Å². The van der Waals surface area contributed by atoms with Gasteiger partial charge in [-0.3, -0.25) is 9.69 Å². The van der Waals surface area contributed by atoms with Crippen LogP contribution in [0.2, 0.25) is 0 Å². The number of carbonyl (C=O) groups is 1. The van der Waals surface area contributed by atoms with Gasteiger partial charge in [-0.25, -0.2) is 0 Å². The molecule has 3 aromatic rings. The van der Waals surface area contributed by atoms with Crippen LogP contribution in [0.1, 0.15) is 35.0 Å². The van der Waals surface area contributed by atoms with Crippen molar-refractivity contribution < 1.29 is 18.8 Å². The fourth-order valence-electron chi connectivity index (χ4n) is 3.91. The Balaban J connectivity index is 1.37. The maximum atomic E-state index is 12.8. The van der Waals surface area contributed by atoms with E-state index in [-0.39, 0.29) is 5.91 Å². The first-order valence-electron chi connectivity index (χ1n) is 10.4. The fraction of sp³-hybridized carbons (Fsp3) is 0.524. The molecule has 4 heterocycles. The molecule has 1 aliphatic rings. The zero-order chi connectivity index (χ0) is 22.1. The van der Waals surface area contributed by atoms with Gasteiger partial charge < -0.3 is 23.9 Å². The summed E-state index contributed by atoms with van der Waals surface area (Å²) in [5.41, 5.74) is 3.58. The first-order chi connectivity index (χ1) is 14.8. The van der Waals surface area contributed by atoms with Crippen LogP contribution < -0.4 is 5.32 Å². The first-order valence-corrected chi connectivity index (χ1v) is 10.4. The topological polar surface area (TPSA) is 122 Å². The van der Waals surface area contributed by atoms with Crippen LogP contribution in [0.5, 0.6) is 0 Å². The number of amides is 1. The molecule has 166 valence electrons. The summed E-state index contributed by atoms with van der Waals surface area (Å²) in [5.74, 6) is 0.913. The molecule has 0 aromatic carbocycles. The van der Waals surface area contributed by atoms with Gasteiger partial charge in [0.15, 0.2) is 0 Å². The molecule has 0 radical (unpaired) electrons. The van der Waals surface area contributed by atoms with Gasteiger partial charge in [-0.05, 0) is 39.3 Å². The molecule has 2 N–H and O–H groups in total. The number of aliphatic hydroxyl groups excluding tert-OH is 1. The summed E-state index contributed by atoms with van der Waals surface area (Å²) in [7, 11) is 1.95. The lowest BCUT2D eigenvalue weighted by Gasteiger charge is -2.34. The molecule has 1 aliphatic heterocycles. The highest BCUT2D eigenvalue weighted by Gasteiger charge is 2.34. The zero-order valence-corrected chi connectivity index (χ0v) is 18.3. The highest BCUT2D eigenvalue weighted by atomic mass is 16.5. The minimum Gasteiger partial charge on any atom is -0.418 e. The molecule has 31 heavy (non-hydrogen) atoms. The SMILES string of the molecule is Cc1noc(C)c1CNC(=O)[C@H]1CN(Cc2nnc(-c3ccc(C)n3C)o2)CC[C@H]1O. The van der Waals surface area contributed by atoms with Crippen molar-refractivity contribution in [1.29, 1.82) is 0 Å². The quantitative estimate of drug-likeness (QED) is 0.605. The van der Waals surface area contributed by atoms with Gasteiger partial charge in [0.05, 0.1) is 24.3 Å². The Morgan fingerprint density at radius 3 is 2.77 bits per heavy atom. The van der Waals surface area contributed by atoms with Crippen LogP contribution in [0.3, 0.4) is 0 Å². The van der Waals surface area contributed by atoms with Gasteiger partial charge in [0, 0.05) is 37.9 Å².